The smallest absolute Gasteiger partial charge is 0.177 e. The number of nitrogens with zero attached hydrogens (tertiary/aromatic N) is 4. The van der Waals surface area contributed by atoms with Crippen molar-refractivity contribution < 1.29 is 0 Å². The van der Waals surface area contributed by atoms with Gasteiger partial charge in [0.1, 0.15) is 6.33 Å². The maximum atomic E-state index is 4.42. The fourth-order valence-corrected chi connectivity index (χ4v) is 4.77. The van der Waals surface area contributed by atoms with Gasteiger partial charge in [-0.1, -0.05) is 50.2 Å². The molecule has 0 aliphatic carbocycles. The van der Waals surface area contributed by atoms with Crippen LogP contribution in [0, 0.1) is 0 Å². The molecular weight excluding hydrogens is 380 g/mol. The summed E-state index contributed by atoms with van der Waals surface area (Å²) < 4.78 is 2.08. The molecule has 4 nitrogen and oxygen atoms in total. The number of benzene rings is 3. The van der Waals surface area contributed by atoms with Gasteiger partial charge in [-0.05, 0) is 59.7 Å². The molecule has 2 aromatic heterocycles. The van der Waals surface area contributed by atoms with Gasteiger partial charge in [-0.3, -0.25) is 4.57 Å². The molecule has 31 heavy (non-hydrogen) atoms. The van der Waals surface area contributed by atoms with Crippen LogP contribution >= 0.6 is 0 Å². The highest BCUT2D eigenvalue weighted by molar-refractivity contribution is 5.86. The van der Waals surface area contributed by atoms with Crippen LogP contribution in [-0.4, -0.2) is 14.5 Å². The molecule has 0 bridgehead atoms. The minimum Gasteiger partial charge on any atom is -0.310 e. The van der Waals surface area contributed by atoms with Gasteiger partial charge in [0, 0.05) is 23.0 Å². The summed E-state index contributed by atoms with van der Waals surface area (Å²) in [6.45, 7) is 4.62. The number of anilines is 3. The SMILES string of the molecule is CC1(C)c2ccccc2N(c2ccc(-n3cnc4ncccc43)cc2)c2ccccc21. The van der Waals surface area contributed by atoms with Crippen molar-refractivity contribution in [3.05, 3.63) is 109 Å². The van der Waals surface area contributed by atoms with E-state index in [4.69, 9.17) is 0 Å². The molecular formula is C27H22N4. The molecule has 5 aromatic rings. The number of pyridine rings is 1. The summed E-state index contributed by atoms with van der Waals surface area (Å²) >= 11 is 0. The van der Waals surface area contributed by atoms with Gasteiger partial charge in [0.2, 0.25) is 0 Å². The molecule has 4 heteroatoms. The van der Waals surface area contributed by atoms with Crippen LogP contribution in [0.2, 0.25) is 0 Å². The van der Waals surface area contributed by atoms with E-state index in [0.29, 0.717) is 0 Å². The van der Waals surface area contributed by atoms with E-state index in [1.807, 2.05) is 18.5 Å². The summed E-state index contributed by atoms with van der Waals surface area (Å²) in [5.41, 5.74) is 9.06. The molecule has 1 aliphatic rings. The Labute approximate surface area is 181 Å². The third-order valence-electron chi connectivity index (χ3n) is 6.34. The van der Waals surface area contributed by atoms with E-state index in [0.717, 1.165) is 22.5 Å². The maximum Gasteiger partial charge on any atom is 0.177 e. The predicted molar refractivity (Wildman–Crippen MR) is 126 cm³/mol. The summed E-state index contributed by atoms with van der Waals surface area (Å²) in [4.78, 5) is 11.1. The lowest BCUT2D eigenvalue weighted by atomic mass is 9.73. The lowest BCUT2D eigenvalue weighted by Gasteiger charge is -2.42. The quantitative estimate of drug-likeness (QED) is 0.337. The second kappa shape index (κ2) is 6.54. The number of fused-ring (bicyclic) bond motifs is 3. The van der Waals surface area contributed by atoms with E-state index in [2.05, 4.69) is 106 Å². The Hall–Kier alpha value is -3.92. The van der Waals surface area contributed by atoms with Crippen LogP contribution in [0.15, 0.2) is 97.5 Å². The maximum absolute atomic E-state index is 4.42. The molecule has 0 atom stereocenters. The minimum absolute atomic E-state index is 0.0493. The zero-order valence-electron chi connectivity index (χ0n) is 17.5. The van der Waals surface area contributed by atoms with E-state index in [1.165, 1.54) is 22.5 Å². The van der Waals surface area contributed by atoms with Crippen molar-refractivity contribution in [1.29, 1.82) is 0 Å². The van der Waals surface area contributed by atoms with Crippen LogP contribution in [-0.2, 0) is 5.41 Å². The molecule has 150 valence electrons. The van der Waals surface area contributed by atoms with E-state index in [-0.39, 0.29) is 5.41 Å². The molecule has 0 amide bonds. The summed E-state index contributed by atoms with van der Waals surface area (Å²) in [5.74, 6) is 0. The molecule has 0 saturated carbocycles. The first-order valence-corrected chi connectivity index (χ1v) is 10.5. The second-order valence-corrected chi connectivity index (χ2v) is 8.47. The summed E-state index contributed by atoms with van der Waals surface area (Å²) in [6, 6.07) is 30.1. The first kappa shape index (κ1) is 17.9. The summed E-state index contributed by atoms with van der Waals surface area (Å²) in [6.07, 6.45) is 3.61. The average molecular weight is 403 g/mol. The molecule has 3 aromatic carbocycles. The normalized spacial score (nSPS) is 14.3. The molecule has 0 unspecified atom stereocenters. The summed E-state index contributed by atoms with van der Waals surface area (Å²) in [5, 5.41) is 0. The van der Waals surface area contributed by atoms with Crippen LogP contribution in [0.1, 0.15) is 25.0 Å². The monoisotopic (exact) mass is 402 g/mol. The molecule has 0 fully saturated rings. The van der Waals surface area contributed by atoms with Gasteiger partial charge in [0.05, 0.1) is 16.9 Å². The van der Waals surface area contributed by atoms with E-state index in [1.54, 1.807) is 6.20 Å². The van der Waals surface area contributed by atoms with Crippen LogP contribution in [0.25, 0.3) is 16.9 Å². The van der Waals surface area contributed by atoms with Crippen LogP contribution in [0.5, 0.6) is 0 Å². The zero-order valence-corrected chi connectivity index (χ0v) is 17.5. The highest BCUT2D eigenvalue weighted by atomic mass is 15.2. The predicted octanol–water partition coefficient (Wildman–Crippen LogP) is 6.53. The van der Waals surface area contributed by atoms with E-state index in [9.17, 15) is 0 Å². The molecule has 6 rings (SSSR count). The van der Waals surface area contributed by atoms with Crippen LogP contribution < -0.4 is 4.90 Å². The van der Waals surface area contributed by atoms with Gasteiger partial charge in [0.15, 0.2) is 5.65 Å². The minimum atomic E-state index is -0.0493. The van der Waals surface area contributed by atoms with Crippen molar-refractivity contribution in [3.63, 3.8) is 0 Å². The van der Waals surface area contributed by atoms with Gasteiger partial charge >= 0.3 is 0 Å². The number of rotatable bonds is 2. The number of hydrogen-bond donors (Lipinski definition) is 0. The Balaban J connectivity index is 1.50. The Morgan fingerprint density at radius 1 is 0.645 bits per heavy atom. The fourth-order valence-electron chi connectivity index (χ4n) is 4.77. The number of hydrogen-bond acceptors (Lipinski definition) is 3. The Bertz CT molecular complexity index is 1360. The number of aromatic nitrogens is 3. The molecule has 1 aliphatic heterocycles. The molecule has 0 spiro atoms. The van der Waals surface area contributed by atoms with Crippen LogP contribution in [0.3, 0.4) is 0 Å². The summed E-state index contributed by atoms with van der Waals surface area (Å²) in [7, 11) is 0. The van der Waals surface area contributed by atoms with Gasteiger partial charge in [-0.2, -0.15) is 0 Å². The third-order valence-corrected chi connectivity index (χ3v) is 6.34. The van der Waals surface area contributed by atoms with Crippen molar-refractivity contribution >= 4 is 28.2 Å². The Morgan fingerprint density at radius 3 is 1.94 bits per heavy atom. The van der Waals surface area contributed by atoms with Crippen molar-refractivity contribution in [2.24, 2.45) is 0 Å². The largest absolute Gasteiger partial charge is 0.310 e. The lowest BCUT2D eigenvalue weighted by Crippen LogP contribution is -2.30. The highest BCUT2D eigenvalue weighted by Gasteiger charge is 2.36. The fraction of sp³-hybridized carbons (Fsp3) is 0.111. The van der Waals surface area contributed by atoms with Gasteiger partial charge < -0.3 is 4.90 Å². The van der Waals surface area contributed by atoms with Crippen molar-refractivity contribution in [2.75, 3.05) is 4.90 Å². The van der Waals surface area contributed by atoms with Crippen LogP contribution in [0.4, 0.5) is 17.1 Å². The third kappa shape index (κ3) is 2.61. The highest BCUT2D eigenvalue weighted by Crippen LogP contribution is 2.51. The van der Waals surface area contributed by atoms with Crippen molar-refractivity contribution in [1.82, 2.24) is 14.5 Å². The van der Waals surface area contributed by atoms with Gasteiger partial charge in [-0.15, -0.1) is 0 Å². The van der Waals surface area contributed by atoms with Crippen molar-refractivity contribution in [3.8, 4) is 5.69 Å². The first-order chi connectivity index (χ1) is 15.1. The topological polar surface area (TPSA) is 34.0 Å². The molecule has 0 saturated heterocycles. The first-order valence-electron chi connectivity index (χ1n) is 10.5. The molecule has 0 N–H and O–H groups in total. The van der Waals surface area contributed by atoms with Crippen molar-refractivity contribution in [2.45, 2.75) is 19.3 Å². The van der Waals surface area contributed by atoms with E-state index < -0.39 is 0 Å². The number of imidazole rings is 1. The van der Waals surface area contributed by atoms with Gasteiger partial charge in [0.25, 0.3) is 0 Å². The molecule has 0 radical (unpaired) electrons. The Morgan fingerprint density at radius 2 is 1.26 bits per heavy atom. The number of para-hydroxylation sites is 2. The zero-order chi connectivity index (χ0) is 21.0. The van der Waals surface area contributed by atoms with Gasteiger partial charge in [-0.25, -0.2) is 9.97 Å². The van der Waals surface area contributed by atoms with E-state index >= 15 is 0 Å². The standard InChI is InChI=1S/C27H22N4/c1-27(2)21-8-3-5-10-23(21)31(24-11-6-4-9-22(24)27)20-15-13-19(14-16-20)30-18-29-26-25(30)12-7-17-28-26/h3-18H,1-2H3. The average Bonchev–Trinajstić information content (AvgIpc) is 3.24. The molecule has 3 heterocycles. The lowest BCUT2D eigenvalue weighted by molar-refractivity contribution is 0.632. The second-order valence-electron chi connectivity index (χ2n) is 8.47. The Kier molecular flexibility index (Phi) is 3.78.